The van der Waals surface area contributed by atoms with Crippen molar-refractivity contribution in [3.05, 3.63) is 35.9 Å². The lowest BCUT2D eigenvalue weighted by atomic mass is 9.95. The fraction of sp³-hybridized carbons (Fsp3) is 0.467. The standard InChI is InChI=1S/C13H17N.C2H6/c1-10(2)12-8-4-6-11-7-5-9-14(3)13(11)12;1-2/h4,6,8H,1,5,7,9H2,2-3H3;1-2H3. The summed E-state index contributed by atoms with van der Waals surface area (Å²) in [6.07, 6.45) is 2.48. The third-order valence-corrected chi connectivity index (χ3v) is 2.90. The molecule has 0 unspecified atom stereocenters. The van der Waals surface area contributed by atoms with Crippen LogP contribution in [0.2, 0.25) is 0 Å². The largest absolute Gasteiger partial charge is 0.374 e. The van der Waals surface area contributed by atoms with Crippen LogP contribution in [0.1, 0.15) is 38.3 Å². The molecule has 88 valence electrons. The minimum atomic E-state index is 1.16. The lowest BCUT2D eigenvalue weighted by molar-refractivity contribution is 0.743. The van der Waals surface area contributed by atoms with Crippen molar-refractivity contribution in [2.24, 2.45) is 0 Å². The van der Waals surface area contributed by atoms with Crippen molar-refractivity contribution in [1.82, 2.24) is 0 Å². The van der Waals surface area contributed by atoms with E-state index in [0.29, 0.717) is 0 Å². The second-order valence-corrected chi connectivity index (χ2v) is 4.12. The molecule has 1 aliphatic heterocycles. The Balaban J connectivity index is 0.000000606. The van der Waals surface area contributed by atoms with E-state index in [0.717, 1.165) is 12.1 Å². The number of nitrogens with zero attached hydrogens (tertiary/aromatic N) is 1. The van der Waals surface area contributed by atoms with Crippen LogP contribution in [0.5, 0.6) is 0 Å². The zero-order chi connectivity index (χ0) is 12.1. The molecule has 0 aliphatic carbocycles. The Labute approximate surface area is 99.8 Å². The van der Waals surface area contributed by atoms with E-state index in [1.165, 1.54) is 29.7 Å². The molecule has 0 fully saturated rings. The van der Waals surface area contributed by atoms with Crippen LogP contribution in [0.4, 0.5) is 5.69 Å². The summed E-state index contributed by atoms with van der Waals surface area (Å²) in [5, 5.41) is 0. The molecule has 0 atom stereocenters. The van der Waals surface area contributed by atoms with Crippen molar-refractivity contribution in [1.29, 1.82) is 0 Å². The molecule has 0 radical (unpaired) electrons. The van der Waals surface area contributed by atoms with Gasteiger partial charge < -0.3 is 4.90 Å². The summed E-state index contributed by atoms with van der Waals surface area (Å²) < 4.78 is 0. The molecular formula is C15H23N. The fourth-order valence-electron chi connectivity index (χ4n) is 2.21. The summed E-state index contributed by atoms with van der Waals surface area (Å²) in [4.78, 5) is 2.35. The Morgan fingerprint density at radius 3 is 2.62 bits per heavy atom. The van der Waals surface area contributed by atoms with Gasteiger partial charge >= 0.3 is 0 Å². The smallest absolute Gasteiger partial charge is 0.0472 e. The van der Waals surface area contributed by atoms with E-state index in [-0.39, 0.29) is 0 Å². The highest BCUT2D eigenvalue weighted by Crippen LogP contribution is 2.33. The molecule has 0 N–H and O–H groups in total. The van der Waals surface area contributed by atoms with E-state index in [9.17, 15) is 0 Å². The molecule has 0 bridgehead atoms. The van der Waals surface area contributed by atoms with Crippen molar-refractivity contribution in [3.63, 3.8) is 0 Å². The number of fused-ring (bicyclic) bond motifs is 1. The molecule has 16 heavy (non-hydrogen) atoms. The molecular weight excluding hydrogens is 194 g/mol. The predicted molar refractivity (Wildman–Crippen MR) is 74.1 cm³/mol. The average molecular weight is 217 g/mol. The Kier molecular flexibility index (Phi) is 4.60. The summed E-state index contributed by atoms with van der Waals surface area (Å²) in [7, 11) is 2.17. The molecule has 0 amide bonds. The Morgan fingerprint density at radius 1 is 1.31 bits per heavy atom. The molecule has 0 aromatic heterocycles. The highest BCUT2D eigenvalue weighted by molar-refractivity contribution is 5.77. The minimum Gasteiger partial charge on any atom is -0.374 e. The highest BCUT2D eigenvalue weighted by Gasteiger charge is 2.16. The van der Waals surface area contributed by atoms with E-state index < -0.39 is 0 Å². The van der Waals surface area contributed by atoms with Gasteiger partial charge in [0.1, 0.15) is 0 Å². The first-order valence-corrected chi connectivity index (χ1v) is 6.19. The minimum absolute atomic E-state index is 1.16. The SMILES string of the molecule is C=C(C)c1cccc2c1N(C)CCC2.CC. The summed E-state index contributed by atoms with van der Waals surface area (Å²) >= 11 is 0. The summed E-state index contributed by atoms with van der Waals surface area (Å²) in [6.45, 7) is 11.3. The topological polar surface area (TPSA) is 3.24 Å². The Morgan fingerprint density at radius 2 is 2.00 bits per heavy atom. The van der Waals surface area contributed by atoms with Crippen molar-refractivity contribution < 1.29 is 0 Å². The number of para-hydroxylation sites is 1. The first-order valence-electron chi connectivity index (χ1n) is 6.19. The molecule has 0 saturated carbocycles. The van der Waals surface area contributed by atoms with Gasteiger partial charge in [0.25, 0.3) is 0 Å². The quantitative estimate of drug-likeness (QED) is 0.683. The second kappa shape index (κ2) is 5.74. The van der Waals surface area contributed by atoms with Crippen LogP contribution >= 0.6 is 0 Å². The molecule has 1 aliphatic rings. The summed E-state index contributed by atoms with van der Waals surface area (Å²) in [5.41, 5.74) is 5.34. The zero-order valence-electron chi connectivity index (χ0n) is 11.0. The van der Waals surface area contributed by atoms with Crippen molar-refractivity contribution in [3.8, 4) is 0 Å². The monoisotopic (exact) mass is 217 g/mol. The first-order chi connectivity index (χ1) is 7.70. The van der Waals surface area contributed by atoms with Crippen LogP contribution in [0.3, 0.4) is 0 Å². The molecule has 1 aromatic rings. The van der Waals surface area contributed by atoms with Gasteiger partial charge in [-0.15, -0.1) is 0 Å². The zero-order valence-corrected chi connectivity index (χ0v) is 11.0. The highest BCUT2D eigenvalue weighted by atomic mass is 15.1. The van der Waals surface area contributed by atoms with Gasteiger partial charge in [0.2, 0.25) is 0 Å². The maximum absolute atomic E-state index is 4.04. The number of rotatable bonds is 1. The number of aryl methyl sites for hydroxylation is 1. The van der Waals surface area contributed by atoms with Gasteiger partial charge in [0, 0.05) is 24.8 Å². The average Bonchev–Trinajstić information content (AvgIpc) is 2.31. The molecule has 1 nitrogen and oxygen atoms in total. The van der Waals surface area contributed by atoms with Gasteiger partial charge in [0.05, 0.1) is 0 Å². The third-order valence-electron chi connectivity index (χ3n) is 2.90. The van der Waals surface area contributed by atoms with E-state index in [1.807, 2.05) is 13.8 Å². The van der Waals surface area contributed by atoms with Gasteiger partial charge in [-0.2, -0.15) is 0 Å². The van der Waals surface area contributed by atoms with E-state index in [4.69, 9.17) is 0 Å². The van der Waals surface area contributed by atoms with Crippen molar-refractivity contribution in [2.45, 2.75) is 33.6 Å². The fourth-order valence-corrected chi connectivity index (χ4v) is 2.21. The first kappa shape index (κ1) is 12.8. The van der Waals surface area contributed by atoms with Gasteiger partial charge in [-0.3, -0.25) is 0 Å². The summed E-state index contributed by atoms with van der Waals surface area (Å²) in [6, 6.07) is 6.54. The maximum Gasteiger partial charge on any atom is 0.0472 e. The van der Waals surface area contributed by atoms with Crippen molar-refractivity contribution >= 4 is 11.3 Å². The molecule has 1 aromatic carbocycles. The molecule has 1 heteroatoms. The lowest BCUT2D eigenvalue weighted by Crippen LogP contribution is -2.25. The molecule has 1 heterocycles. The van der Waals surface area contributed by atoms with E-state index in [1.54, 1.807) is 0 Å². The van der Waals surface area contributed by atoms with Crippen LogP contribution in [0, 0.1) is 0 Å². The van der Waals surface area contributed by atoms with E-state index >= 15 is 0 Å². The van der Waals surface area contributed by atoms with Gasteiger partial charge in [-0.1, -0.05) is 38.6 Å². The maximum atomic E-state index is 4.04. The van der Waals surface area contributed by atoms with Crippen LogP contribution in [-0.4, -0.2) is 13.6 Å². The number of allylic oxidation sites excluding steroid dienone is 1. The molecule has 0 saturated heterocycles. The lowest BCUT2D eigenvalue weighted by Gasteiger charge is -2.30. The Hall–Kier alpha value is -1.24. The van der Waals surface area contributed by atoms with E-state index in [2.05, 4.69) is 43.6 Å². The van der Waals surface area contributed by atoms with Crippen LogP contribution in [0.25, 0.3) is 5.57 Å². The van der Waals surface area contributed by atoms with Gasteiger partial charge in [-0.25, -0.2) is 0 Å². The van der Waals surface area contributed by atoms with Crippen molar-refractivity contribution in [2.75, 3.05) is 18.5 Å². The number of hydrogen-bond donors (Lipinski definition) is 0. The Bertz CT molecular complexity index is 366. The normalized spacial score (nSPS) is 13.6. The second-order valence-electron chi connectivity index (χ2n) is 4.12. The van der Waals surface area contributed by atoms with Crippen LogP contribution in [-0.2, 0) is 6.42 Å². The molecule has 0 spiro atoms. The molecule has 2 rings (SSSR count). The van der Waals surface area contributed by atoms with Crippen LogP contribution < -0.4 is 4.90 Å². The summed E-state index contributed by atoms with van der Waals surface area (Å²) in [5.74, 6) is 0. The van der Waals surface area contributed by atoms with Gasteiger partial charge in [0.15, 0.2) is 0 Å². The van der Waals surface area contributed by atoms with Crippen LogP contribution in [0.15, 0.2) is 24.8 Å². The number of hydrogen-bond acceptors (Lipinski definition) is 1. The van der Waals surface area contributed by atoms with Gasteiger partial charge in [-0.05, 0) is 30.9 Å². The predicted octanol–water partition coefficient (Wildman–Crippen LogP) is 4.13. The third kappa shape index (κ3) is 2.46. The number of anilines is 1. The number of benzene rings is 1.